The van der Waals surface area contributed by atoms with E-state index in [9.17, 15) is 0 Å². The van der Waals surface area contributed by atoms with Gasteiger partial charge in [0.2, 0.25) is 0 Å². The molecule has 0 aromatic heterocycles. The molecule has 0 spiro atoms. The molecular weight excluding hydrogens is 146 g/mol. The van der Waals surface area contributed by atoms with E-state index in [0.717, 1.165) is 5.92 Å². The predicted octanol–water partition coefficient (Wildman–Crippen LogP) is 3.43. The normalized spacial score (nSPS) is 19.6. The van der Waals surface area contributed by atoms with Gasteiger partial charge in [-0.1, -0.05) is 44.3 Å². The molecule has 0 N–H and O–H groups in total. The van der Waals surface area contributed by atoms with Gasteiger partial charge in [-0.05, 0) is 12.3 Å². The van der Waals surface area contributed by atoms with E-state index in [1.807, 2.05) is 6.08 Å². The van der Waals surface area contributed by atoms with Crippen LogP contribution in [0.5, 0.6) is 0 Å². The van der Waals surface area contributed by atoms with Gasteiger partial charge in [-0.15, -0.1) is 0 Å². The van der Waals surface area contributed by atoms with Gasteiger partial charge in [0, 0.05) is 0 Å². The molecule has 0 aliphatic heterocycles. The highest BCUT2D eigenvalue weighted by molar-refractivity contribution is 4.91. The van der Waals surface area contributed by atoms with Crippen LogP contribution in [0.15, 0.2) is 12.2 Å². The molecule has 0 bridgehead atoms. The van der Waals surface area contributed by atoms with E-state index in [2.05, 4.69) is 12.1 Å². The lowest BCUT2D eigenvalue weighted by atomic mass is 9.87. The van der Waals surface area contributed by atoms with Crippen LogP contribution >= 0.6 is 0 Å². The van der Waals surface area contributed by atoms with Crippen molar-refractivity contribution >= 4 is 0 Å². The largest absolute Gasteiger partial charge is 0.198 e. The molecule has 1 aliphatic carbocycles. The van der Waals surface area contributed by atoms with Gasteiger partial charge in [-0.3, -0.25) is 0 Å². The second kappa shape index (κ2) is 5.83. The lowest BCUT2D eigenvalue weighted by Gasteiger charge is -2.19. The minimum absolute atomic E-state index is 0.576. The Labute approximate surface area is 75.1 Å². The standard InChI is InChI=1S/C11H17N/c12-10-6-2-5-9-11-7-3-1-4-8-11/h2,5,11H,1,3-4,6-9H2/b5-2+. The monoisotopic (exact) mass is 163 g/mol. The Hall–Kier alpha value is -0.770. The molecule has 0 aromatic rings. The average Bonchev–Trinajstić information content (AvgIpc) is 2.14. The van der Waals surface area contributed by atoms with Gasteiger partial charge in [0.1, 0.15) is 0 Å². The van der Waals surface area contributed by atoms with Crippen molar-refractivity contribution in [1.82, 2.24) is 0 Å². The molecule has 1 fully saturated rings. The molecule has 12 heavy (non-hydrogen) atoms. The highest BCUT2D eigenvalue weighted by atomic mass is 14.2. The van der Waals surface area contributed by atoms with Gasteiger partial charge in [-0.25, -0.2) is 0 Å². The maximum atomic E-state index is 8.30. The first-order chi connectivity index (χ1) is 5.93. The maximum Gasteiger partial charge on any atom is 0.0663 e. The summed E-state index contributed by atoms with van der Waals surface area (Å²) in [5.74, 6) is 0.911. The van der Waals surface area contributed by atoms with Crippen LogP contribution in [0.25, 0.3) is 0 Å². The molecule has 1 saturated carbocycles. The summed E-state index contributed by atoms with van der Waals surface area (Å²) in [6.45, 7) is 0. The molecule has 0 heterocycles. The molecule has 1 aliphatic rings. The summed E-state index contributed by atoms with van der Waals surface area (Å²) in [7, 11) is 0. The Morgan fingerprint density at radius 2 is 1.92 bits per heavy atom. The zero-order valence-corrected chi connectivity index (χ0v) is 7.63. The van der Waals surface area contributed by atoms with Crippen LogP contribution in [0.2, 0.25) is 0 Å². The van der Waals surface area contributed by atoms with E-state index in [-0.39, 0.29) is 0 Å². The van der Waals surface area contributed by atoms with Crippen molar-refractivity contribution in [3.05, 3.63) is 12.2 Å². The number of hydrogen-bond donors (Lipinski definition) is 0. The fourth-order valence-electron chi connectivity index (χ4n) is 1.85. The summed E-state index contributed by atoms with van der Waals surface area (Å²) in [6, 6.07) is 2.12. The summed E-state index contributed by atoms with van der Waals surface area (Å²) in [6.07, 6.45) is 13.0. The highest BCUT2D eigenvalue weighted by Gasteiger charge is 2.10. The van der Waals surface area contributed by atoms with Gasteiger partial charge in [-0.2, -0.15) is 5.26 Å². The highest BCUT2D eigenvalue weighted by Crippen LogP contribution is 2.26. The lowest BCUT2D eigenvalue weighted by molar-refractivity contribution is 0.361. The van der Waals surface area contributed by atoms with Crippen LogP contribution < -0.4 is 0 Å². The van der Waals surface area contributed by atoms with E-state index >= 15 is 0 Å². The zero-order chi connectivity index (χ0) is 8.65. The van der Waals surface area contributed by atoms with E-state index in [4.69, 9.17) is 5.26 Å². The fraction of sp³-hybridized carbons (Fsp3) is 0.727. The van der Waals surface area contributed by atoms with Crippen molar-refractivity contribution in [2.24, 2.45) is 5.92 Å². The zero-order valence-electron chi connectivity index (χ0n) is 7.63. The average molecular weight is 163 g/mol. The van der Waals surface area contributed by atoms with Crippen LogP contribution in [-0.2, 0) is 0 Å². The summed E-state index contributed by atoms with van der Waals surface area (Å²) in [5.41, 5.74) is 0. The molecule has 0 saturated heterocycles. The molecule has 1 rings (SSSR count). The smallest absolute Gasteiger partial charge is 0.0663 e. The fourth-order valence-corrected chi connectivity index (χ4v) is 1.85. The summed E-state index contributed by atoms with van der Waals surface area (Å²) in [5, 5.41) is 8.30. The van der Waals surface area contributed by atoms with Gasteiger partial charge in [0.05, 0.1) is 12.5 Å². The number of hydrogen-bond acceptors (Lipinski definition) is 1. The number of nitriles is 1. The van der Waals surface area contributed by atoms with Crippen LogP contribution in [0, 0.1) is 17.2 Å². The molecule has 0 unspecified atom stereocenters. The van der Waals surface area contributed by atoms with Gasteiger partial charge in [0.15, 0.2) is 0 Å². The molecule has 66 valence electrons. The van der Waals surface area contributed by atoms with Crippen molar-refractivity contribution < 1.29 is 0 Å². The van der Waals surface area contributed by atoms with Crippen LogP contribution in [-0.4, -0.2) is 0 Å². The summed E-state index contributed by atoms with van der Waals surface area (Å²) in [4.78, 5) is 0. The molecular formula is C11H17N. The first-order valence-electron chi connectivity index (χ1n) is 4.95. The third kappa shape index (κ3) is 3.57. The molecule has 1 nitrogen and oxygen atoms in total. The number of allylic oxidation sites excluding steroid dienone is 2. The van der Waals surface area contributed by atoms with Crippen molar-refractivity contribution in [3.8, 4) is 6.07 Å². The van der Waals surface area contributed by atoms with Crippen molar-refractivity contribution in [2.45, 2.75) is 44.9 Å². The maximum absolute atomic E-state index is 8.30. The second-order valence-corrected chi connectivity index (χ2v) is 3.57. The van der Waals surface area contributed by atoms with Gasteiger partial charge >= 0.3 is 0 Å². The van der Waals surface area contributed by atoms with E-state index < -0.39 is 0 Å². The Morgan fingerprint density at radius 1 is 1.17 bits per heavy atom. The number of rotatable bonds is 3. The van der Waals surface area contributed by atoms with E-state index in [1.165, 1.54) is 38.5 Å². The topological polar surface area (TPSA) is 23.8 Å². The molecule has 1 heteroatoms. The summed E-state index contributed by atoms with van der Waals surface area (Å²) < 4.78 is 0. The Bertz CT molecular complexity index is 170. The number of nitrogens with zero attached hydrogens (tertiary/aromatic N) is 1. The quantitative estimate of drug-likeness (QED) is 0.585. The predicted molar refractivity (Wildman–Crippen MR) is 50.6 cm³/mol. The molecule has 0 radical (unpaired) electrons. The van der Waals surface area contributed by atoms with Crippen molar-refractivity contribution in [2.75, 3.05) is 0 Å². The van der Waals surface area contributed by atoms with Gasteiger partial charge in [0.25, 0.3) is 0 Å². The Kier molecular flexibility index (Phi) is 4.52. The molecule has 0 atom stereocenters. The minimum Gasteiger partial charge on any atom is -0.198 e. The lowest BCUT2D eigenvalue weighted by Crippen LogP contribution is -2.04. The first-order valence-corrected chi connectivity index (χ1v) is 4.95. The third-order valence-electron chi connectivity index (χ3n) is 2.57. The van der Waals surface area contributed by atoms with Crippen LogP contribution in [0.1, 0.15) is 44.9 Å². The van der Waals surface area contributed by atoms with Gasteiger partial charge < -0.3 is 0 Å². The van der Waals surface area contributed by atoms with Crippen molar-refractivity contribution in [1.29, 1.82) is 5.26 Å². The Morgan fingerprint density at radius 3 is 2.58 bits per heavy atom. The second-order valence-electron chi connectivity index (χ2n) is 3.57. The third-order valence-corrected chi connectivity index (χ3v) is 2.57. The van der Waals surface area contributed by atoms with E-state index in [0.29, 0.717) is 6.42 Å². The molecule has 0 aromatic carbocycles. The molecule has 0 amide bonds. The summed E-state index contributed by atoms with van der Waals surface area (Å²) >= 11 is 0. The first kappa shape index (κ1) is 9.32. The van der Waals surface area contributed by atoms with E-state index in [1.54, 1.807) is 0 Å². The van der Waals surface area contributed by atoms with Crippen LogP contribution in [0.3, 0.4) is 0 Å². The minimum atomic E-state index is 0.576. The van der Waals surface area contributed by atoms with Crippen molar-refractivity contribution in [3.63, 3.8) is 0 Å². The Balaban J connectivity index is 2.09. The SMILES string of the molecule is N#CC/C=C/CC1CCCCC1. The van der Waals surface area contributed by atoms with Crippen LogP contribution in [0.4, 0.5) is 0 Å².